The third kappa shape index (κ3) is 3.55. The zero-order chi connectivity index (χ0) is 16.7. The van der Waals surface area contributed by atoms with Crippen molar-refractivity contribution in [1.82, 2.24) is 0 Å². The van der Waals surface area contributed by atoms with Gasteiger partial charge in [0, 0.05) is 35.8 Å². The number of halogens is 6. The Morgan fingerprint density at radius 2 is 1.77 bits per heavy atom. The van der Waals surface area contributed by atoms with Gasteiger partial charge >= 0.3 is 6.18 Å². The third-order valence-electron chi connectivity index (χ3n) is 3.43. The van der Waals surface area contributed by atoms with Crippen LogP contribution in [0.25, 0.3) is 0 Å². The van der Waals surface area contributed by atoms with Crippen LogP contribution in [-0.2, 0) is 6.18 Å². The first-order valence-electron chi connectivity index (χ1n) is 6.41. The lowest BCUT2D eigenvalue weighted by molar-refractivity contribution is -0.137. The van der Waals surface area contributed by atoms with E-state index in [1.807, 2.05) is 0 Å². The van der Waals surface area contributed by atoms with Gasteiger partial charge in [0.25, 0.3) is 0 Å². The normalized spacial score (nSPS) is 19.3. The number of anilines is 1. The first-order valence-corrected chi connectivity index (χ1v) is 7.54. The second-order valence-corrected chi connectivity index (χ2v) is 6.51. The zero-order valence-electron chi connectivity index (χ0n) is 11.8. The molecule has 7 heteroatoms. The van der Waals surface area contributed by atoms with E-state index in [2.05, 4.69) is 0 Å². The van der Waals surface area contributed by atoms with Crippen molar-refractivity contribution >= 4 is 40.5 Å². The SMILES string of the molecule is CN(C)c1cc(C(F)(F)F)ccc1C1CC(Cl)=CC(Cl)=C1Cl. The molecule has 1 nitrogen and oxygen atoms in total. The summed E-state index contributed by atoms with van der Waals surface area (Å²) in [6, 6.07) is 3.59. The molecule has 22 heavy (non-hydrogen) atoms. The van der Waals surface area contributed by atoms with Crippen LogP contribution >= 0.6 is 34.8 Å². The maximum absolute atomic E-state index is 12.9. The van der Waals surface area contributed by atoms with Crippen LogP contribution in [0, 0.1) is 0 Å². The van der Waals surface area contributed by atoms with E-state index in [0.29, 0.717) is 32.8 Å². The van der Waals surface area contributed by atoms with Gasteiger partial charge in [-0.1, -0.05) is 40.9 Å². The summed E-state index contributed by atoms with van der Waals surface area (Å²) < 4.78 is 38.7. The summed E-state index contributed by atoms with van der Waals surface area (Å²) in [5.74, 6) is -0.355. The number of nitrogens with zero attached hydrogens (tertiary/aromatic N) is 1. The van der Waals surface area contributed by atoms with Crippen molar-refractivity contribution in [2.45, 2.75) is 18.5 Å². The molecule has 1 aliphatic rings. The first-order chi connectivity index (χ1) is 10.1. The molecule has 120 valence electrons. The van der Waals surface area contributed by atoms with Gasteiger partial charge in [-0.3, -0.25) is 0 Å². The van der Waals surface area contributed by atoms with Gasteiger partial charge in [-0.25, -0.2) is 0 Å². The number of benzene rings is 1. The monoisotopic (exact) mass is 369 g/mol. The second-order valence-electron chi connectivity index (χ2n) is 5.21. The molecule has 0 saturated heterocycles. The zero-order valence-corrected chi connectivity index (χ0v) is 14.1. The summed E-state index contributed by atoms with van der Waals surface area (Å²) >= 11 is 18.3. The molecule has 0 N–H and O–H groups in total. The average molecular weight is 371 g/mol. The Kier molecular flexibility index (Phi) is 5.05. The first kappa shape index (κ1) is 17.5. The van der Waals surface area contributed by atoms with Crippen molar-refractivity contribution in [3.05, 3.63) is 50.5 Å². The van der Waals surface area contributed by atoms with Gasteiger partial charge in [0.05, 0.1) is 10.6 Å². The predicted molar refractivity (Wildman–Crippen MR) is 85.8 cm³/mol. The van der Waals surface area contributed by atoms with Gasteiger partial charge in [-0.05, 0) is 30.2 Å². The molecule has 1 aromatic rings. The Morgan fingerprint density at radius 3 is 2.32 bits per heavy atom. The molecule has 0 saturated carbocycles. The molecule has 0 heterocycles. The molecular formula is C15H13Cl3F3N. The summed E-state index contributed by atoms with van der Waals surface area (Å²) in [6.45, 7) is 0. The highest BCUT2D eigenvalue weighted by Crippen LogP contribution is 2.45. The topological polar surface area (TPSA) is 3.24 Å². The largest absolute Gasteiger partial charge is 0.416 e. The Labute approximate surface area is 141 Å². The van der Waals surface area contributed by atoms with E-state index in [0.717, 1.165) is 12.1 Å². The number of hydrogen-bond donors (Lipinski definition) is 0. The van der Waals surface area contributed by atoms with Crippen LogP contribution in [0.1, 0.15) is 23.5 Å². The summed E-state index contributed by atoms with van der Waals surface area (Å²) in [6.07, 6.45) is -2.44. The molecule has 0 amide bonds. The Bertz CT molecular complexity index is 648. The van der Waals surface area contributed by atoms with Crippen molar-refractivity contribution in [3.63, 3.8) is 0 Å². The van der Waals surface area contributed by atoms with Gasteiger partial charge in [0.1, 0.15) is 0 Å². The molecule has 1 aliphatic carbocycles. The number of rotatable bonds is 2. The molecule has 0 bridgehead atoms. The smallest absolute Gasteiger partial charge is 0.377 e. The average Bonchev–Trinajstić information content (AvgIpc) is 2.41. The van der Waals surface area contributed by atoms with Crippen molar-refractivity contribution in [2.24, 2.45) is 0 Å². The number of hydrogen-bond acceptors (Lipinski definition) is 1. The van der Waals surface area contributed by atoms with E-state index in [1.165, 1.54) is 6.07 Å². The number of allylic oxidation sites excluding steroid dienone is 4. The highest BCUT2D eigenvalue weighted by molar-refractivity contribution is 6.42. The van der Waals surface area contributed by atoms with Gasteiger partial charge in [-0.2, -0.15) is 13.2 Å². The molecule has 2 rings (SSSR count). The lowest BCUT2D eigenvalue weighted by Crippen LogP contribution is -2.16. The molecule has 0 fully saturated rings. The van der Waals surface area contributed by atoms with E-state index in [1.54, 1.807) is 25.1 Å². The maximum Gasteiger partial charge on any atom is 0.416 e. The molecule has 0 aliphatic heterocycles. The molecular weight excluding hydrogens is 358 g/mol. The van der Waals surface area contributed by atoms with Crippen LogP contribution in [0.2, 0.25) is 0 Å². The number of alkyl halides is 3. The minimum Gasteiger partial charge on any atom is -0.377 e. The Morgan fingerprint density at radius 1 is 1.14 bits per heavy atom. The van der Waals surface area contributed by atoms with Crippen LogP contribution in [0.4, 0.5) is 18.9 Å². The molecule has 1 aromatic carbocycles. The van der Waals surface area contributed by atoms with Crippen LogP contribution < -0.4 is 4.90 Å². The van der Waals surface area contributed by atoms with E-state index < -0.39 is 11.7 Å². The minimum absolute atomic E-state index is 0.313. The maximum atomic E-state index is 12.9. The summed E-state index contributed by atoms with van der Waals surface area (Å²) in [5, 5.41) is 1.21. The van der Waals surface area contributed by atoms with E-state index in [-0.39, 0.29) is 5.92 Å². The third-order valence-corrected chi connectivity index (χ3v) is 4.57. The van der Waals surface area contributed by atoms with Crippen molar-refractivity contribution < 1.29 is 13.2 Å². The van der Waals surface area contributed by atoms with Crippen LogP contribution in [0.5, 0.6) is 0 Å². The molecule has 0 spiro atoms. The Balaban J connectivity index is 2.55. The fourth-order valence-corrected chi connectivity index (χ4v) is 3.20. The molecule has 0 radical (unpaired) electrons. The van der Waals surface area contributed by atoms with Gasteiger partial charge in [-0.15, -0.1) is 0 Å². The highest BCUT2D eigenvalue weighted by atomic mass is 35.5. The van der Waals surface area contributed by atoms with E-state index in [4.69, 9.17) is 34.8 Å². The fourth-order valence-electron chi connectivity index (χ4n) is 2.36. The Hall–Kier alpha value is -0.840. The van der Waals surface area contributed by atoms with E-state index >= 15 is 0 Å². The molecule has 0 aromatic heterocycles. The van der Waals surface area contributed by atoms with Gasteiger partial charge in [0.15, 0.2) is 0 Å². The van der Waals surface area contributed by atoms with Crippen LogP contribution in [-0.4, -0.2) is 14.1 Å². The standard InChI is InChI=1S/C15H13Cl3F3N/c1-22(2)13-5-8(15(19,20)21)3-4-10(13)11-6-9(16)7-12(17)14(11)18/h3-5,7,11H,6H2,1-2H3. The summed E-state index contributed by atoms with van der Waals surface area (Å²) in [4.78, 5) is 1.62. The second kappa shape index (κ2) is 6.34. The van der Waals surface area contributed by atoms with Gasteiger partial charge < -0.3 is 4.90 Å². The molecule has 1 atom stereocenters. The quantitative estimate of drug-likeness (QED) is 0.610. The lowest BCUT2D eigenvalue weighted by Gasteiger charge is -2.27. The van der Waals surface area contributed by atoms with Crippen molar-refractivity contribution in [2.75, 3.05) is 19.0 Å². The predicted octanol–water partition coefficient (Wildman–Crippen LogP) is 6.07. The lowest BCUT2D eigenvalue weighted by atomic mass is 9.89. The van der Waals surface area contributed by atoms with Gasteiger partial charge in [0.2, 0.25) is 0 Å². The fraction of sp³-hybridized carbons (Fsp3) is 0.333. The van der Waals surface area contributed by atoms with Crippen molar-refractivity contribution in [1.29, 1.82) is 0 Å². The van der Waals surface area contributed by atoms with Crippen LogP contribution in [0.3, 0.4) is 0 Å². The summed E-state index contributed by atoms with van der Waals surface area (Å²) in [7, 11) is 3.36. The minimum atomic E-state index is -4.40. The molecule has 1 unspecified atom stereocenters. The highest BCUT2D eigenvalue weighted by Gasteiger charge is 2.33. The summed E-state index contributed by atoms with van der Waals surface area (Å²) in [5.41, 5.74) is 0.393. The van der Waals surface area contributed by atoms with Crippen LogP contribution in [0.15, 0.2) is 39.4 Å². The van der Waals surface area contributed by atoms with Crippen molar-refractivity contribution in [3.8, 4) is 0 Å². The van der Waals surface area contributed by atoms with E-state index in [9.17, 15) is 13.2 Å².